The van der Waals surface area contributed by atoms with Gasteiger partial charge in [0.05, 0.1) is 23.6 Å². The molecule has 1 aliphatic rings. The summed E-state index contributed by atoms with van der Waals surface area (Å²) in [5.41, 5.74) is 5.85. The van der Waals surface area contributed by atoms with Crippen LogP contribution in [0.5, 0.6) is 0 Å². The third kappa shape index (κ3) is 4.08. The maximum atomic E-state index is 13.2. The molecule has 0 radical (unpaired) electrons. The zero-order valence-corrected chi connectivity index (χ0v) is 18.0. The molecule has 0 spiro atoms. The second-order valence-electron chi connectivity index (χ2n) is 7.42. The minimum Gasteiger partial charge on any atom is -0.362 e. The number of nitrogens with zero attached hydrogens (tertiary/aromatic N) is 4. The molecule has 6 nitrogen and oxygen atoms in total. The first-order chi connectivity index (χ1) is 15.2. The first-order valence-electron chi connectivity index (χ1n) is 10.4. The Bertz CT molecular complexity index is 1240. The van der Waals surface area contributed by atoms with Crippen LogP contribution in [0.4, 0.5) is 10.2 Å². The summed E-state index contributed by atoms with van der Waals surface area (Å²) in [6.45, 7) is 4.52. The summed E-state index contributed by atoms with van der Waals surface area (Å²) < 4.78 is 15.1. The van der Waals surface area contributed by atoms with E-state index in [0.717, 1.165) is 65.0 Å². The van der Waals surface area contributed by atoms with E-state index in [-0.39, 0.29) is 5.82 Å². The van der Waals surface area contributed by atoms with E-state index < -0.39 is 0 Å². The molecule has 0 bridgehead atoms. The zero-order valence-electron chi connectivity index (χ0n) is 17.2. The number of benzene rings is 1. The predicted octanol–water partition coefficient (Wildman–Crippen LogP) is 4.54. The number of hydrogen-bond acceptors (Lipinski definition) is 6. The summed E-state index contributed by atoms with van der Waals surface area (Å²) in [5.74, 6) is 0.667. The number of nitrogens with one attached hydrogen (secondary N) is 2. The molecule has 0 atom stereocenters. The molecule has 5 rings (SSSR count). The number of aryl methyl sites for hydroxylation is 1. The molecule has 158 valence electrons. The Morgan fingerprint density at radius 3 is 2.77 bits per heavy atom. The van der Waals surface area contributed by atoms with E-state index in [1.807, 2.05) is 16.0 Å². The van der Waals surface area contributed by atoms with Crippen molar-refractivity contribution in [3.8, 4) is 11.3 Å². The minimum absolute atomic E-state index is 0.243. The second-order valence-corrected chi connectivity index (χ2v) is 8.36. The van der Waals surface area contributed by atoms with E-state index in [9.17, 15) is 4.39 Å². The molecular weight excluding hydrogens is 411 g/mol. The summed E-state index contributed by atoms with van der Waals surface area (Å²) in [7, 11) is 0. The summed E-state index contributed by atoms with van der Waals surface area (Å²) in [4.78, 5) is 9.45. The topological polar surface area (TPSA) is 67.1 Å². The van der Waals surface area contributed by atoms with E-state index in [2.05, 4.69) is 29.7 Å². The van der Waals surface area contributed by atoms with Gasteiger partial charge >= 0.3 is 0 Å². The summed E-state index contributed by atoms with van der Waals surface area (Å²) >= 11 is 1.58. The van der Waals surface area contributed by atoms with Crippen LogP contribution in [0.3, 0.4) is 0 Å². The number of imidazole rings is 1. The van der Waals surface area contributed by atoms with Gasteiger partial charge in [-0.2, -0.15) is 9.61 Å². The smallest absolute Gasteiger partial charge is 0.156 e. The number of anilines is 1. The Morgan fingerprint density at radius 1 is 1.13 bits per heavy atom. The molecule has 3 aromatic heterocycles. The number of aromatic nitrogens is 4. The van der Waals surface area contributed by atoms with Crippen LogP contribution in [-0.4, -0.2) is 32.7 Å². The quantitative estimate of drug-likeness (QED) is 0.466. The number of rotatable bonds is 6. The Kier molecular flexibility index (Phi) is 5.48. The molecule has 8 heteroatoms. The summed E-state index contributed by atoms with van der Waals surface area (Å²) in [6, 6.07) is 10.5. The fourth-order valence-corrected chi connectivity index (χ4v) is 4.48. The average Bonchev–Trinajstić information content (AvgIpc) is 3.42. The van der Waals surface area contributed by atoms with Crippen molar-refractivity contribution >= 4 is 28.4 Å². The van der Waals surface area contributed by atoms with Crippen molar-refractivity contribution in [2.75, 3.05) is 18.4 Å². The highest BCUT2D eigenvalue weighted by Gasteiger charge is 2.15. The molecule has 1 aromatic carbocycles. The van der Waals surface area contributed by atoms with E-state index in [1.165, 1.54) is 17.7 Å². The van der Waals surface area contributed by atoms with Gasteiger partial charge in [-0.25, -0.2) is 14.4 Å². The highest BCUT2D eigenvalue weighted by atomic mass is 32.1. The van der Waals surface area contributed by atoms with E-state index in [1.54, 1.807) is 23.5 Å². The van der Waals surface area contributed by atoms with Gasteiger partial charge in [0.2, 0.25) is 0 Å². The number of halogens is 1. The standard InChI is InChI=1S/C23H23FN6S/c1-2-18-23(26-13-22-28-20(14-31-22)15-3-5-17(24)6-4-15)30-21(27-18)8-7-19(29-30)16-9-11-25-12-10-16/h3-9,14,25-26H,2,10-13H2,1H3. The lowest BCUT2D eigenvalue weighted by atomic mass is 10.1. The minimum atomic E-state index is -0.243. The van der Waals surface area contributed by atoms with Crippen LogP contribution in [0, 0.1) is 5.82 Å². The molecule has 4 heterocycles. The second kappa shape index (κ2) is 8.56. The lowest BCUT2D eigenvalue weighted by Crippen LogP contribution is -2.20. The summed E-state index contributed by atoms with van der Waals surface area (Å²) in [5, 5.41) is 14.7. The predicted molar refractivity (Wildman–Crippen MR) is 123 cm³/mol. The molecule has 0 saturated heterocycles. The molecule has 31 heavy (non-hydrogen) atoms. The van der Waals surface area contributed by atoms with Crippen molar-refractivity contribution in [3.05, 3.63) is 70.1 Å². The molecular formula is C23H23FN6S. The third-order valence-corrected chi connectivity index (χ3v) is 6.23. The van der Waals surface area contributed by atoms with E-state index >= 15 is 0 Å². The molecule has 0 fully saturated rings. The average molecular weight is 435 g/mol. The van der Waals surface area contributed by atoms with Crippen molar-refractivity contribution in [2.45, 2.75) is 26.3 Å². The van der Waals surface area contributed by atoms with Gasteiger partial charge in [0.1, 0.15) is 10.8 Å². The summed E-state index contributed by atoms with van der Waals surface area (Å²) in [6.07, 6.45) is 3.99. The molecule has 1 aliphatic heterocycles. The van der Waals surface area contributed by atoms with Crippen LogP contribution >= 0.6 is 11.3 Å². The lowest BCUT2D eigenvalue weighted by Gasteiger charge is -2.14. The maximum Gasteiger partial charge on any atom is 0.156 e. The molecule has 2 N–H and O–H groups in total. The first kappa shape index (κ1) is 19.8. The van der Waals surface area contributed by atoms with Gasteiger partial charge in [-0.3, -0.25) is 0 Å². The zero-order chi connectivity index (χ0) is 21.2. The molecule has 0 amide bonds. The van der Waals surface area contributed by atoms with Gasteiger partial charge in [0.25, 0.3) is 0 Å². The molecule has 4 aromatic rings. The lowest BCUT2D eigenvalue weighted by molar-refractivity contribution is 0.628. The van der Waals surface area contributed by atoms with Crippen molar-refractivity contribution in [1.29, 1.82) is 0 Å². The van der Waals surface area contributed by atoms with Gasteiger partial charge < -0.3 is 10.6 Å². The van der Waals surface area contributed by atoms with Gasteiger partial charge in [-0.15, -0.1) is 11.3 Å². The monoisotopic (exact) mass is 434 g/mol. The van der Waals surface area contributed by atoms with Crippen LogP contribution in [0.2, 0.25) is 0 Å². The Morgan fingerprint density at radius 2 is 2.00 bits per heavy atom. The van der Waals surface area contributed by atoms with E-state index in [0.29, 0.717) is 6.54 Å². The highest BCUT2D eigenvalue weighted by Crippen LogP contribution is 2.25. The fraction of sp³-hybridized carbons (Fsp3) is 0.261. The largest absolute Gasteiger partial charge is 0.362 e. The van der Waals surface area contributed by atoms with Crippen molar-refractivity contribution in [1.82, 2.24) is 24.9 Å². The van der Waals surface area contributed by atoms with Gasteiger partial charge in [0.15, 0.2) is 11.5 Å². The molecule has 0 saturated carbocycles. The number of hydrogen-bond donors (Lipinski definition) is 2. The van der Waals surface area contributed by atoms with E-state index in [4.69, 9.17) is 15.1 Å². The van der Waals surface area contributed by atoms with Crippen molar-refractivity contribution in [3.63, 3.8) is 0 Å². The highest BCUT2D eigenvalue weighted by molar-refractivity contribution is 7.09. The van der Waals surface area contributed by atoms with Crippen LogP contribution in [0.25, 0.3) is 22.5 Å². The van der Waals surface area contributed by atoms with Crippen molar-refractivity contribution < 1.29 is 4.39 Å². The molecule has 0 unspecified atom stereocenters. The molecule has 0 aliphatic carbocycles. The van der Waals surface area contributed by atoms with Crippen molar-refractivity contribution in [2.24, 2.45) is 0 Å². The van der Waals surface area contributed by atoms with Gasteiger partial charge in [-0.1, -0.05) is 13.0 Å². The fourth-order valence-electron chi connectivity index (χ4n) is 3.73. The van der Waals surface area contributed by atoms with Crippen LogP contribution in [0.15, 0.2) is 47.9 Å². The van der Waals surface area contributed by atoms with Crippen LogP contribution in [0.1, 0.15) is 29.7 Å². The number of thiazole rings is 1. The SMILES string of the molecule is CCc1nc2ccc(C3=CCNCC3)nn2c1NCc1nc(-c2ccc(F)cc2)cs1. The Labute approximate surface area is 183 Å². The maximum absolute atomic E-state index is 13.2. The van der Waals surface area contributed by atoms with Crippen LogP contribution in [-0.2, 0) is 13.0 Å². The first-order valence-corrected chi connectivity index (χ1v) is 11.3. The number of fused-ring (bicyclic) bond motifs is 1. The third-order valence-electron chi connectivity index (χ3n) is 5.38. The normalized spacial score (nSPS) is 14.1. The van der Waals surface area contributed by atoms with Gasteiger partial charge in [0, 0.05) is 17.5 Å². The van der Waals surface area contributed by atoms with Gasteiger partial charge in [-0.05, 0) is 61.4 Å². The Balaban J connectivity index is 1.40. The van der Waals surface area contributed by atoms with Crippen LogP contribution < -0.4 is 10.6 Å². The Hall–Kier alpha value is -3.10.